The number of hydrogen-bond donors (Lipinski definition) is 1. The lowest BCUT2D eigenvalue weighted by atomic mass is 10.1. The predicted molar refractivity (Wildman–Crippen MR) is 71.9 cm³/mol. The predicted octanol–water partition coefficient (Wildman–Crippen LogP) is 4.40. The summed E-state index contributed by atoms with van der Waals surface area (Å²) >= 11 is 5.91. The van der Waals surface area contributed by atoms with E-state index in [4.69, 9.17) is 11.6 Å². The number of unbranched alkanes of at least 4 members (excludes halogenated alkanes) is 4. The average Bonchev–Trinajstić information content (AvgIpc) is 2.28. The van der Waals surface area contributed by atoms with Crippen LogP contribution >= 0.6 is 11.6 Å². The molecule has 0 bridgehead atoms. The molecule has 0 saturated heterocycles. The molecular formula is C14H22ClN. The van der Waals surface area contributed by atoms with Gasteiger partial charge in [-0.15, -0.1) is 0 Å². The van der Waals surface area contributed by atoms with Gasteiger partial charge in [0.15, 0.2) is 0 Å². The first-order valence-corrected chi connectivity index (χ1v) is 6.66. The Balaban J connectivity index is 2.03. The molecule has 16 heavy (non-hydrogen) atoms. The quantitative estimate of drug-likeness (QED) is 0.663. The standard InChI is InChI=1S/C14H22ClN/c1-2-3-4-5-6-10-16-12-13-8-7-9-14(15)11-13/h7-9,11,16H,2-6,10,12H2,1H3. The fourth-order valence-corrected chi connectivity index (χ4v) is 1.95. The smallest absolute Gasteiger partial charge is 0.0409 e. The number of halogens is 1. The van der Waals surface area contributed by atoms with Gasteiger partial charge in [-0.2, -0.15) is 0 Å². The van der Waals surface area contributed by atoms with Gasteiger partial charge in [-0.25, -0.2) is 0 Å². The second kappa shape index (κ2) is 8.60. The SMILES string of the molecule is CCCCCCCNCc1cccc(Cl)c1. The molecule has 0 atom stereocenters. The van der Waals surface area contributed by atoms with Crippen LogP contribution in [-0.2, 0) is 6.54 Å². The summed E-state index contributed by atoms with van der Waals surface area (Å²) in [5.74, 6) is 0. The van der Waals surface area contributed by atoms with Crippen molar-refractivity contribution in [2.24, 2.45) is 0 Å². The molecule has 0 unspecified atom stereocenters. The van der Waals surface area contributed by atoms with Gasteiger partial charge in [-0.1, -0.05) is 56.3 Å². The molecule has 0 saturated carbocycles. The first-order chi connectivity index (χ1) is 7.83. The van der Waals surface area contributed by atoms with E-state index >= 15 is 0 Å². The maximum atomic E-state index is 5.91. The molecule has 0 aliphatic carbocycles. The van der Waals surface area contributed by atoms with Crippen molar-refractivity contribution in [3.63, 3.8) is 0 Å². The highest BCUT2D eigenvalue weighted by Crippen LogP contribution is 2.10. The molecule has 90 valence electrons. The summed E-state index contributed by atoms with van der Waals surface area (Å²) in [7, 11) is 0. The third kappa shape index (κ3) is 6.14. The van der Waals surface area contributed by atoms with E-state index in [1.165, 1.54) is 37.7 Å². The maximum Gasteiger partial charge on any atom is 0.0409 e. The third-order valence-corrected chi connectivity index (χ3v) is 2.91. The molecule has 1 aromatic carbocycles. The van der Waals surface area contributed by atoms with E-state index in [1.54, 1.807) is 0 Å². The first kappa shape index (κ1) is 13.5. The Bertz CT molecular complexity index is 286. The highest BCUT2D eigenvalue weighted by molar-refractivity contribution is 6.30. The van der Waals surface area contributed by atoms with E-state index in [0.717, 1.165) is 18.1 Å². The number of benzene rings is 1. The van der Waals surface area contributed by atoms with Crippen LogP contribution in [0.15, 0.2) is 24.3 Å². The molecule has 0 aromatic heterocycles. The summed E-state index contributed by atoms with van der Waals surface area (Å²) < 4.78 is 0. The normalized spacial score (nSPS) is 10.6. The van der Waals surface area contributed by atoms with E-state index in [9.17, 15) is 0 Å². The Kier molecular flexibility index (Phi) is 7.28. The Morgan fingerprint density at radius 2 is 1.94 bits per heavy atom. The molecule has 2 heteroatoms. The summed E-state index contributed by atoms with van der Waals surface area (Å²) in [5, 5.41) is 4.27. The van der Waals surface area contributed by atoms with Gasteiger partial charge in [-0.05, 0) is 30.7 Å². The molecule has 0 radical (unpaired) electrons. The molecule has 1 aromatic rings. The maximum absolute atomic E-state index is 5.91. The Morgan fingerprint density at radius 3 is 2.69 bits per heavy atom. The molecule has 0 aliphatic heterocycles. The highest BCUT2D eigenvalue weighted by Gasteiger charge is 1.94. The van der Waals surface area contributed by atoms with Crippen LogP contribution in [0.1, 0.15) is 44.6 Å². The van der Waals surface area contributed by atoms with E-state index in [0.29, 0.717) is 0 Å². The Morgan fingerprint density at radius 1 is 1.12 bits per heavy atom. The largest absolute Gasteiger partial charge is 0.313 e. The monoisotopic (exact) mass is 239 g/mol. The van der Waals surface area contributed by atoms with E-state index in [2.05, 4.69) is 18.3 Å². The van der Waals surface area contributed by atoms with Crippen molar-refractivity contribution >= 4 is 11.6 Å². The van der Waals surface area contributed by atoms with Crippen molar-refractivity contribution in [3.8, 4) is 0 Å². The van der Waals surface area contributed by atoms with Crippen molar-refractivity contribution in [3.05, 3.63) is 34.9 Å². The van der Waals surface area contributed by atoms with Gasteiger partial charge in [0.1, 0.15) is 0 Å². The lowest BCUT2D eigenvalue weighted by Crippen LogP contribution is -2.14. The molecule has 0 fully saturated rings. The van der Waals surface area contributed by atoms with Crippen molar-refractivity contribution in [1.29, 1.82) is 0 Å². The summed E-state index contributed by atoms with van der Waals surface area (Å²) in [4.78, 5) is 0. The van der Waals surface area contributed by atoms with Crippen LogP contribution in [0.5, 0.6) is 0 Å². The number of rotatable bonds is 8. The van der Waals surface area contributed by atoms with Gasteiger partial charge in [0.25, 0.3) is 0 Å². The molecule has 0 aliphatic rings. The number of nitrogens with one attached hydrogen (secondary N) is 1. The van der Waals surface area contributed by atoms with Crippen LogP contribution in [0.25, 0.3) is 0 Å². The summed E-state index contributed by atoms with van der Waals surface area (Å²) in [6.07, 6.45) is 6.68. The van der Waals surface area contributed by atoms with Gasteiger partial charge in [0, 0.05) is 11.6 Å². The van der Waals surface area contributed by atoms with Crippen LogP contribution < -0.4 is 5.32 Å². The van der Waals surface area contributed by atoms with Crippen LogP contribution in [-0.4, -0.2) is 6.54 Å². The van der Waals surface area contributed by atoms with E-state index < -0.39 is 0 Å². The zero-order valence-electron chi connectivity index (χ0n) is 10.1. The zero-order valence-corrected chi connectivity index (χ0v) is 10.9. The van der Waals surface area contributed by atoms with Crippen LogP contribution in [0.4, 0.5) is 0 Å². The van der Waals surface area contributed by atoms with Crippen molar-refractivity contribution in [2.75, 3.05) is 6.54 Å². The summed E-state index contributed by atoms with van der Waals surface area (Å²) in [6.45, 7) is 4.28. The summed E-state index contributed by atoms with van der Waals surface area (Å²) in [6, 6.07) is 8.04. The molecule has 1 rings (SSSR count). The minimum atomic E-state index is 0.822. The van der Waals surface area contributed by atoms with Crippen LogP contribution in [0.2, 0.25) is 5.02 Å². The second-order valence-corrected chi connectivity index (χ2v) is 4.66. The Hall–Kier alpha value is -0.530. The van der Waals surface area contributed by atoms with E-state index in [-0.39, 0.29) is 0 Å². The molecular weight excluding hydrogens is 218 g/mol. The van der Waals surface area contributed by atoms with Gasteiger partial charge < -0.3 is 5.32 Å². The topological polar surface area (TPSA) is 12.0 Å². The van der Waals surface area contributed by atoms with E-state index in [1.807, 2.05) is 18.2 Å². The van der Waals surface area contributed by atoms with Crippen molar-refractivity contribution < 1.29 is 0 Å². The van der Waals surface area contributed by atoms with Gasteiger partial charge >= 0.3 is 0 Å². The zero-order chi connectivity index (χ0) is 11.6. The highest BCUT2D eigenvalue weighted by atomic mass is 35.5. The van der Waals surface area contributed by atoms with Crippen LogP contribution in [0.3, 0.4) is 0 Å². The van der Waals surface area contributed by atoms with Gasteiger partial charge in [0.05, 0.1) is 0 Å². The molecule has 1 nitrogen and oxygen atoms in total. The Labute approximate surface area is 104 Å². The first-order valence-electron chi connectivity index (χ1n) is 6.28. The van der Waals surface area contributed by atoms with Gasteiger partial charge in [-0.3, -0.25) is 0 Å². The molecule has 1 N–H and O–H groups in total. The van der Waals surface area contributed by atoms with Crippen LogP contribution in [0, 0.1) is 0 Å². The average molecular weight is 240 g/mol. The van der Waals surface area contributed by atoms with Gasteiger partial charge in [0.2, 0.25) is 0 Å². The third-order valence-electron chi connectivity index (χ3n) is 2.68. The lowest BCUT2D eigenvalue weighted by Gasteiger charge is -2.05. The minimum Gasteiger partial charge on any atom is -0.313 e. The molecule has 0 heterocycles. The fourth-order valence-electron chi connectivity index (χ4n) is 1.73. The van der Waals surface area contributed by atoms with Crippen molar-refractivity contribution in [2.45, 2.75) is 45.6 Å². The van der Waals surface area contributed by atoms with Crippen molar-refractivity contribution in [1.82, 2.24) is 5.32 Å². The lowest BCUT2D eigenvalue weighted by molar-refractivity contribution is 0.583. The fraction of sp³-hybridized carbons (Fsp3) is 0.571. The molecule has 0 amide bonds. The number of hydrogen-bond acceptors (Lipinski definition) is 1. The summed E-state index contributed by atoms with van der Waals surface area (Å²) in [5.41, 5.74) is 1.26. The minimum absolute atomic E-state index is 0.822. The molecule has 0 spiro atoms. The second-order valence-electron chi connectivity index (χ2n) is 4.22.